The maximum atomic E-state index is 13.0. The number of para-hydroxylation sites is 1. The quantitative estimate of drug-likeness (QED) is 0.861. The smallest absolute Gasteiger partial charge is 0.254 e. The van der Waals surface area contributed by atoms with Gasteiger partial charge in [0.15, 0.2) is 0 Å². The number of carbonyl (C=O) groups is 1. The first-order chi connectivity index (χ1) is 12.1. The molecule has 1 aromatic heterocycles. The number of amides is 1. The van der Waals surface area contributed by atoms with Crippen LogP contribution in [-0.2, 0) is 0 Å². The molecule has 25 heavy (non-hydrogen) atoms. The lowest BCUT2D eigenvalue weighted by molar-refractivity contribution is 0.0316. The molecule has 6 nitrogen and oxygen atoms in total. The number of hydrogen-bond acceptors (Lipinski definition) is 4. The lowest BCUT2D eigenvalue weighted by Gasteiger charge is -2.39. The minimum atomic E-state index is -0.255. The number of hydrogen-bond donors (Lipinski definition) is 2. The third-order valence-electron chi connectivity index (χ3n) is 5.50. The molecular formula is C19H23N3O3. The molecule has 2 N–H and O–H groups in total. The second-order valence-corrected chi connectivity index (χ2v) is 6.99. The van der Waals surface area contributed by atoms with Crippen LogP contribution in [0.5, 0.6) is 0 Å². The number of nitrogens with zero attached hydrogens (tertiary/aromatic N) is 2. The summed E-state index contributed by atoms with van der Waals surface area (Å²) in [5, 5.41) is 10.9. The van der Waals surface area contributed by atoms with E-state index in [0.29, 0.717) is 24.2 Å². The molecule has 2 aliphatic rings. The molecule has 2 unspecified atom stereocenters. The average Bonchev–Trinajstić information content (AvgIpc) is 3.06. The third kappa shape index (κ3) is 3.07. The second-order valence-electron chi connectivity index (χ2n) is 6.99. The van der Waals surface area contributed by atoms with E-state index in [-0.39, 0.29) is 23.6 Å². The number of H-pyrrole nitrogens is 1. The normalized spacial score (nSPS) is 24.8. The van der Waals surface area contributed by atoms with E-state index in [2.05, 4.69) is 9.88 Å². The molecule has 1 amide bonds. The monoisotopic (exact) mass is 341 g/mol. The Bertz CT molecular complexity index is 839. The van der Waals surface area contributed by atoms with Crippen molar-refractivity contribution in [1.29, 1.82) is 0 Å². The van der Waals surface area contributed by atoms with Crippen LogP contribution in [0.3, 0.4) is 0 Å². The van der Waals surface area contributed by atoms with Crippen molar-refractivity contribution in [2.24, 2.45) is 0 Å². The molecule has 2 fully saturated rings. The number of carbonyl (C=O) groups excluding carboxylic acids is 1. The number of nitrogens with one attached hydrogen (secondary N) is 1. The Kier molecular flexibility index (Phi) is 4.31. The zero-order valence-corrected chi connectivity index (χ0v) is 14.1. The fourth-order valence-corrected chi connectivity index (χ4v) is 4.16. The first kappa shape index (κ1) is 16.3. The second kappa shape index (κ2) is 6.61. The number of fused-ring (bicyclic) bond motifs is 1. The van der Waals surface area contributed by atoms with Crippen molar-refractivity contribution >= 4 is 16.8 Å². The molecule has 1 aliphatic carbocycles. The summed E-state index contributed by atoms with van der Waals surface area (Å²) in [5.41, 5.74) is 0.898. The van der Waals surface area contributed by atoms with E-state index >= 15 is 0 Å². The number of benzene rings is 1. The van der Waals surface area contributed by atoms with Gasteiger partial charge in [0, 0.05) is 49.2 Å². The number of piperazine rings is 1. The molecule has 0 bridgehead atoms. The average molecular weight is 341 g/mol. The predicted molar refractivity (Wildman–Crippen MR) is 95.7 cm³/mol. The van der Waals surface area contributed by atoms with Gasteiger partial charge in [-0.2, -0.15) is 0 Å². The van der Waals surface area contributed by atoms with Crippen LogP contribution < -0.4 is 5.56 Å². The van der Waals surface area contributed by atoms with Gasteiger partial charge in [0.1, 0.15) is 0 Å². The highest BCUT2D eigenvalue weighted by atomic mass is 16.3. The molecule has 132 valence electrons. The number of pyridine rings is 1. The van der Waals surface area contributed by atoms with Crippen molar-refractivity contribution in [3.05, 3.63) is 46.2 Å². The molecule has 1 saturated heterocycles. The highest BCUT2D eigenvalue weighted by Crippen LogP contribution is 2.25. The minimum Gasteiger partial charge on any atom is -0.391 e. The molecule has 6 heteroatoms. The SMILES string of the molecule is O=C(c1cc(=O)[nH]c2ccccc12)N1CCN(C2CCCC2O)CC1. The van der Waals surface area contributed by atoms with Crippen LogP contribution in [0.25, 0.3) is 10.9 Å². The highest BCUT2D eigenvalue weighted by molar-refractivity contribution is 6.05. The number of aliphatic hydroxyl groups excluding tert-OH is 1. The van der Waals surface area contributed by atoms with E-state index < -0.39 is 0 Å². The van der Waals surface area contributed by atoms with E-state index in [4.69, 9.17) is 0 Å². The van der Waals surface area contributed by atoms with Gasteiger partial charge >= 0.3 is 0 Å². The maximum absolute atomic E-state index is 13.0. The summed E-state index contributed by atoms with van der Waals surface area (Å²) < 4.78 is 0. The van der Waals surface area contributed by atoms with Gasteiger partial charge in [0.25, 0.3) is 5.91 Å². The van der Waals surface area contributed by atoms with Crippen LogP contribution in [0, 0.1) is 0 Å². The van der Waals surface area contributed by atoms with Gasteiger partial charge in [-0.1, -0.05) is 18.2 Å². The fourth-order valence-electron chi connectivity index (χ4n) is 4.16. The summed E-state index contributed by atoms with van der Waals surface area (Å²) in [4.78, 5) is 31.8. The predicted octanol–water partition coefficient (Wildman–Crippen LogP) is 1.20. The number of rotatable bonds is 2. The molecule has 0 radical (unpaired) electrons. The van der Waals surface area contributed by atoms with Crippen molar-refractivity contribution in [3.8, 4) is 0 Å². The third-order valence-corrected chi connectivity index (χ3v) is 5.50. The fraction of sp³-hybridized carbons (Fsp3) is 0.474. The lowest BCUT2D eigenvalue weighted by atomic mass is 10.1. The minimum absolute atomic E-state index is 0.0890. The molecule has 0 spiro atoms. The van der Waals surface area contributed by atoms with Crippen LogP contribution in [-0.4, -0.2) is 64.1 Å². The van der Waals surface area contributed by atoms with E-state index in [1.165, 1.54) is 6.07 Å². The van der Waals surface area contributed by atoms with E-state index in [1.54, 1.807) is 0 Å². The Labute approximate surface area is 146 Å². The summed E-state index contributed by atoms with van der Waals surface area (Å²) in [6.07, 6.45) is 2.75. The standard InChI is InChI=1S/C19H23N3O3/c23-17-7-3-6-16(17)21-8-10-22(11-9-21)19(25)14-12-18(24)20-15-5-2-1-4-13(14)15/h1-2,4-5,12,16-17,23H,3,6-11H2,(H,20,24). The molecule has 4 rings (SSSR count). The van der Waals surface area contributed by atoms with Crippen molar-refractivity contribution in [1.82, 2.24) is 14.8 Å². The summed E-state index contributed by atoms with van der Waals surface area (Å²) in [5.74, 6) is -0.0890. The zero-order valence-electron chi connectivity index (χ0n) is 14.1. The van der Waals surface area contributed by atoms with Gasteiger partial charge in [-0.25, -0.2) is 0 Å². The van der Waals surface area contributed by atoms with Crippen molar-refractivity contribution < 1.29 is 9.90 Å². The number of aliphatic hydroxyl groups is 1. The van der Waals surface area contributed by atoms with Gasteiger partial charge in [-0.05, 0) is 25.3 Å². The van der Waals surface area contributed by atoms with Gasteiger partial charge in [-0.3, -0.25) is 14.5 Å². The number of aromatic amines is 1. The van der Waals surface area contributed by atoms with Crippen molar-refractivity contribution in [2.45, 2.75) is 31.4 Å². The largest absolute Gasteiger partial charge is 0.391 e. The first-order valence-electron chi connectivity index (χ1n) is 8.97. The topological polar surface area (TPSA) is 76.6 Å². The first-order valence-corrected chi connectivity index (χ1v) is 8.97. The van der Waals surface area contributed by atoms with Crippen LogP contribution in [0.4, 0.5) is 0 Å². The molecule has 2 heterocycles. The number of aromatic nitrogens is 1. The Morgan fingerprint density at radius 1 is 1.12 bits per heavy atom. The van der Waals surface area contributed by atoms with Crippen molar-refractivity contribution in [2.75, 3.05) is 26.2 Å². The molecular weight excluding hydrogens is 318 g/mol. The molecule has 1 saturated carbocycles. The van der Waals surface area contributed by atoms with E-state index in [1.807, 2.05) is 29.2 Å². The van der Waals surface area contributed by atoms with Gasteiger partial charge < -0.3 is 15.0 Å². The molecule has 1 aromatic carbocycles. The summed E-state index contributed by atoms with van der Waals surface area (Å²) in [6, 6.07) is 9.03. The highest BCUT2D eigenvalue weighted by Gasteiger charge is 2.33. The molecule has 1 aliphatic heterocycles. The molecule has 2 atom stereocenters. The maximum Gasteiger partial charge on any atom is 0.254 e. The van der Waals surface area contributed by atoms with Crippen molar-refractivity contribution in [3.63, 3.8) is 0 Å². The van der Waals surface area contributed by atoms with Crippen LogP contribution in [0.15, 0.2) is 35.1 Å². The van der Waals surface area contributed by atoms with E-state index in [9.17, 15) is 14.7 Å². The van der Waals surface area contributed by atoms with Gasteiger partial charge in [0.2, 0.25) is 5.56 Å². The Morgan fingerprint density at radius 2 is 1.88 bits per heavy atom. The zero-order chi connectivity index (χ0) is 17.4. The summed E-state index contributed by atoms with van der Waals surface area (Å²) in [6.45, 7) is 2.80. The van der Waals surface area contributed by atoms with Gasteiger partial charge in [0.05, 0.1) is 11.7 Å². The Morgan fingerprint density at radius 3 is 2.60 bits per heavy atom. The van der Waals surface area contributed by atoms with Crippen LogP contribution in [0.2, 0.25) is 0 Å². The van der Waals surface area contributed by atoms with Gasteiger partial charge in [-0.15, -0.1) is 0 Å². The lowest BCUT2D eigenvalue weighted by Crippen LogP contribution is -2.53. The Hall–Kier alpha value is -2.18. The summed E-state index contributed by atoms with van der Waals surface area (Å²) >= 11 is 0. The van der Waals surface area contributed by atoms with Crippen LogP contribution in [0.1, 0.15) is 29.6 Å². The van der Waals surface area contributed by atoms with Crippen LogP contribution >= 0.6 is 0 Å². The summed E-state index contributed by atoms with van der Waals surface area (Å²) in [7, 11) is 0. The van der Waals surface area contributed by atoms with E-state index in [0.717, 1.165) is 37.7 Å². The Balaban J connectivity index is 1.52. The molecule has 2 aromatic rings.